The zero-order chi connectivity index (χ0) is 49.5. The first kappa shape index (κ1) is 48.0. The average molecular weight is 946 g/mol. The van der Waals surface area contributed by atoms with Crippen LogP contribution in [0.2, 0.25) is 0 Å². The summed E-state index contributed by atoms with van der Waals surface area (Å²) in [4.78, 5) is 42.7. The van der Waals surface area contributed by atoms with Crippen LogP contribution in [0.15, 0.2) is 83.8 Å². The minimum Gasteiger partial charge on any atom is -0.459 e. The third-order valence-electron chi connectivity index (χ3n) is 13.4. The lowest BCUT2D eigenvalue weighted by molar-refractivity contribution is -0.0255. The molecule has 16 heteroatoms. The molecule has 354 valence electrons. The first-order valence-electron chi connectivity index (χ1n) is 23.1. The highest BCUT2D eigenvalue weighted by Gasteiger charge is 2.37. The Morgan fingerprint density at radius 2 is 1.10 bits per heavy atom. The van der Waals surface area contributed by atoms with Crippen LogP contribution in [0.1, 0.15) is 93.5 Å². The van der Waals surface area contributed by atoms with Gasteiger partial charge in [0.1, 0.15) is 12.2 Å². The fraction of sp³-hybridized carbons (Fsp3) is 0.358. The summed E-state index contributed by atoms with van der Waals surface area (Å²) in [5.74, 6) is 1.87. The Morgan fingerprint density at radius 3 is 1.55 bits per heavy atom. The first-order chi connectivity index (χ1) is 32.9. The van der Waals surface area contributed by atoms with Gasteiger partial charge in [0.15, 0.2) is 22.9 Å². The summed E-state index contributed by atoms with van der Waals surface area (Å²) in [6, 6.07) is 22.6. The molecule has 4 unspecified atom stereocenters. The second kappa shape index (κ2) is 19.3. The third kappa shape index (κ3) is 9.54. The lowest BCUT2D eigenvalue weighted by atomic mass is 9.75. The van der Waals surface area contributed by atoms with E-state index in [9.17, 15) is 18.0 Å². The van der Waals surface area contributed by atoms with Gasteiger partial charge < -0.3 is 9.47 Å². The van der Waals surface area contributed by atoms with Gasteiger partial charge in [-0.25, -0.2) is 46.7 Å². The molecule has 7 aromatic rings. The van der Waals surface area contributed by atoms with Crippen LogP contribution >= 0.6 is 0 Å². The predicted molar refractivity (Wildman–Crippen MR) is 265 cm³/mol. The van der Waals surface area contributed by atoms with E-state index in [1.165, 1.54) is 21.2 Å². The Hall–Kier alpha value is -7.43. The topological polar surface area (TPSA) is 168 Å². The number of anilines is 1. The normalized spacial score (nSPS) is 22.5. The maximum atomic E-state index is 13.3. The molecule has 4 heterocycles. The van der Waals surface area contributed by atoms with Gasteiger partial charge in [-0.15, -0.1) is 10.2 Å². The summed E-state index contributed by atoms with van der Waals surface area (Å²) < 4.78 is 42.7. The summed E-state index contributed by atoms with van der Waals surface area (Å²) >= 11 is 0. The number of sulfonamides is 1. The molecular formula is C53H55N9O6S. The number of carbonyl (C=O) groups is 2. The molecule has 0 bridgehead atoms. The number of aryl methyl sites for hydroxylation is 1. The molecule has 0 spiro atoms. The maximum Gasteiger partial charge on any atom is 0.330 e. The van der Waals surface area contributed by atoms with Crippen LogP contribution in [0, 0.1) is 55.6 Å². The van der Waals surface area contributed by atoms with E-state index in [1.54, 1.807) is 42.5 Å². The van der Waals surface area contributed by atoms with Gasteiger partial charge in [0.2, 0.25) is 11.4 Å². The van der Waals surface area contributed by atoms with Gasteiger partial charge in [0.25, 0.3) is 10.0 Å². The summed E-state index contributed by atoms with van der Waals surface area (Å²) in [6.07, 6.45) is 3.61. The van der Waals surface area contributed by atoms with Gasteiger partial charge in [0.05, 0.1) is 39.9 Å². The van der Waals surface area contributed by atoms with Crippen molar-refractivity contribution in [2.75, 3.05) is 4.72 Å². The number of ether oxygens (including phenoxy) is 2. The van der Waals surface area contributed by atoms with Crippen LogP contribution in [0.25, 0.3) is 56.9 Å². The molecule has 3 aromatic carbocycles. The highest BCUT2D eigenvalue weighted by molar-refractivity contribution is 7.92. The average Bonchev–Trinajstić information content (AvgIpc) is 4.07. The quantitative estimate of drug-likeness (QED) is 0.109. The number of benzene rings is 3. The number of carbonyl (C=O) groups excluding carboxylic acids is 2. The Morgan fingerprint density at radius 1 is 0.652 bits per heavy atom. The maximum absolute atomic E-state index is 13.3. The van der Waals surface area contributed by atoms with E-state index in [0.29, 0.717) is 39.9 Å². The van der Waals surface area contributed by atoms with Crippen molar-refractivity contribution >= 4 is 63.5 Å². The number of nitrogens with zero attached hydrogens (tertiary/aromatic N) is 8. The molecule has 0 aliphatic heterocycles. The van der Waals surface area contributed by atoms with Crippen molar-refractivity contribution in [1.29, 1.82) is 0 Å². The van der Waals surface area contributed by atoms with Crippen LogP contribution in [0.5, 0.6) is 0 Å². The van der Waals surface area contributed by atoms with E-state index >= 15 is 0 Å². The predicted octanol–water partition coefficient (Wildman–Crippen LogP) is 9.72. The van der Waals surface area contributed by atoms with Crippen LogP contribution in [0.3, 0.4) is 0 Å². The standard InChI is InChI=1S/C29H29N5O4S.C24H26N4O2/c1-17-14-18(2)26(19(3)15-17)38-29(35)24-20(4)34-28(25(24)30-5)31-27(32-34)21-10-9-11-22(16-21)33-39(36,37)23-12-7-6-8-13-23;1-13-7-9-18(10-8-13)22-26-23-20(25-6)19(17(5)28(23)27-22)24(29)30-21-15(3)11-14(2)12-16(21)4/h6-13,16-19,26,33H,4,14-15H2,1-3H3;7-10,14-16,21H,5,11-12H2,1-4H3. The lowest BCUT2D eigenvalue weighted by Crippen LogP contribution is -2.38. The minimum atomic E-state index is -3.78. The van der Waals surface area contributed by atoms with E-state index in [4.69, 9.17) is 22.6 Å². The smallest absolute Gasteiger partial charge is 0.330 e. The van der Waals surface area contributed by atoms with E-state index in [2.05, 4.69) is 89.3 Å². The van der Waals surface area contributed by atoms with E-state index in [1.807, 2.05) is 31.2 Å². The second-order valence-electron chi connectivity index (χ2n) is 19.1. The van der Waals surface area contributed by atoms with Gasteiger partial charge in [-0.3, -0.25) is 4.72 Å². The number of hydrogen-bond donors (Lipinski definition) is 1. The summed E-state index contributed by atoms with van der Waals surface area (Å²) in [5.41, 5.74) is 3.84. The van der Waals surface area contributed by atoms with Crippen molar-refractivity contribution < 1.29 is 27.5 Å². The van der Waals surface area contributed by atoms with E-state index in [0.717, 1.165) is 36.8 Å². The Balaban J connectivity index is 0.000000192. The number of rotatable bonds is 9. The van der Waals surface area contributed by atoms with Crippen molar-refractivity contribution in [2.45, 2.75) is 91.3 Å². The lowest BCUT2D eigenvalue weighted by Gasteiger charge is -2.37. The molecule has 0 radical (unpaired) electrons. The van der Waals surface area contributed by atoms with E-state index < -0.39 is 22.0 Å². The largest absolute Gasteiger partial charge is 0.459 e. The molecule has 0 saturated heterocycles. The zero-order valence-electron chi connectivity index (χ0n) is 39.8. The van der Waals surface area contributed by atoms with Crippen molar-refractivity contribution in [2.24, 2.45) is 35.5 Å². The molecule has 2 aliphatic rings. The Kier molecular flexibility index (Phi) is 13.4. The molecule has 2 aliphatic carbocycles. The summed E-state index contributed by atoms with van der Waals surface area (Å²) in [7, 11) is -3.78. The Labute approximate surface area is 401 Å². The number of nitrogens with one attached hydrogen (secondary N) is 1. The number of esters is 2. The molecule has 69 heavy (non-hydrogen) atoms. The van der Waals surface area contributed by atoms with Crippen molar-refractivity contribution in [1.82, 2.24) is 29.2 Å². The summed E-state index contributed by atoms with van der Waals surface area (Å²) in [5, 5.41) is 9.56. The molecule has 2 fully saturated rings. The Bertz CT molecular complexity index is 3350. The van der Waals surface area contributed by atoms with Crippen LogP contribution < -0.4 is 15.4 Å². The van der Waals surface area contributed by atoms with Crippen LogP contribution in [-0.4, -0.2) is 61.8 Å². The summed E-state index contributed by atoms with van der Waals surface area (Å²) in [6.45, 7) is 38.3. The van der Waals surface area contributed by atoms with Gasteiger partial charge in [-0.2, -0.15) is 0 Å². The number of fused-ring (bicyclic) bond motifs is 2. The minimum absolute atomic E-state index is 0.0363. The monoisotopic (exact) mass is 945 g/mol. The first-order valence-corrected chi connectivity index (χ1v) is 24.6. The van der Waals surface area contributed by atoms with Gasteiger partial charge in [0, 0.05) is 16.8 Å². The molecule has 4 atom stereocenters. The highest BCUT2D eigenvalue weighted by Crippen LogP contribution is 2.38. The zero-order valence-corrected chi connectivity index (χ0v) is 40.6. The highest BCUT2D eigenvalue weighted by atomic mass is 32.2. The molecule has 2 saturated carbocycles. The molecule has 4 aromatic heterocycles. The van der Waals surface area contributed by atoms with Crippen molar-refractivity contribution in [3.63, 3.8) is 0 Å². The van der Waals surface area contributed by atoms with Gasteiger partial charge >= 0.3 is 11.9 Å². The number of hydrogen-bond acceptors (Lipinski definition) is 10. The fourth-order valence-electron chi connectivity index (χ4n) is 10.4. The molecule has 15 nitrogen and oxygen atoms in total. The number of aromatic nitrogens is 6. The SMILES string of the molecule is [C-]#[N+]c1c(C(=O)OC2C(C)CC(C)CC2C)c(=C)n2nc(-c3ccc(C)cc3)nc12.[C-]#[N+]c1c(C(=O)OC2C(C)CC(C)CC2C)c(=C)n2nc(-c3cccc(NS(=O)(=O)c4ccccc4)c3)nc12. The second-order valence-corrected chi connectivity index (χ2v) is 20.8. The molecular weight excluding hydrogens is 891 g/mol. The molecule has 1 N–H and O–H groups in total. The van der Waals surface area contributed by atoms with Gasteiger partial charge in [-0.05, 0) is 92.4 Å². The third-order valence-corrected chi connectivity index (χ3v) is 14.8. The van der Waals surface area contributed by atoms with Crippen molar-refractivity contribution in [3.8, 4) is 22.8 Å². The molecule has 0 amide bonds. The van der Waals surface area contributed by atoms with Gasteiger partial charge in [-0.1, -0.05) is 115 Å². The van der Waals surface area contributed by atoms with Crippen LogP contribution in [-0.2, 0) is 19.5 Å². The van der Waals surface area contributed by atoms with Crippen LogP contribution in [0.4, 0.5) is 17.1 Å². The molecule has 9 rings (SSSR count). The fourth-order valence-corrected chi connectivity index (χ4v) is 11.4. The van der Waals surface area contributed by atoms with Crippen molar-refractivity contribution in [3.05, 3.63) is 129 Å². The van der Waals surface area contributed by atoms with E-state index in [-0.39, 0.29) is 80.1 Å².